The van der Waals surface area contributed by atoms with E-state index < -0.39 is 0 Å². The van der Waals surface area contributed by atoms with Crippen LogP contribution in [0.25, 0.3) is 16.6 Å². The van der Waals surface area contributed by atoms with Crippen molar-refractivity contribution in [2.45, 2.75) is 26.4 Å². The summed E-state index contributed by atoms with van der Waals surface area (Å²) in [5, 5.41) is 9.39. The molecule has 136 valence electrons. The van der Waals surface area contributed by atoms with Gasteiger partial charge in [-0.25, -0.2) is 14.5 Å². The molecule has 0 saturated carbocycles. The highest BCUT2D eigenvalue weighted by molar-refractivity contribution is 6.30. The second-order valence-electron chi connectivity index (χ2n) is 6.06. The lowest BCUT2D eigenvalue weighted by Gasteiger charge is -2.12. The van der Waals surface area contributed by atoms with Crippen molar-refractivity contribution in [3.05, 3.63) is 51.4 Å². The Labute approximate surface area is 154 Å². The number of nitrogens with two attached hydrogens (primary N) is 1. The van der Waals surface area contributed by atoms with E-state index in [4.69, 9.17) is 17.3 Å². The van der Waals surface area contributed by atoms with Crippen LogP contribution >= 0.6 is 11.6 Å². The minimum absolute atomic E-state index is 0.0224. The molecular formula is C17H19ClN6O2. The number of urea groups is 1. The van der Waals surface area contributed by atoms with Gasteiger partial charge >= 0.3 is 6.03 Å². The molecule has 0 aliphatic heterocycles. The van der Waals surface area contributed by atoms with Crippen molar-refractivity contribution >= 4 is 34.4 Å². The van der Waals surface area contributed by atoms with Crippen LogP contribution in [-0.4, -0.2) is 26.8 Å². The minimum atomic E-state index is -0.388. The van der Waals surface area contributed by atoms with Crippen molar-refractivity contribution in [3.8, 4) is 5.69 Å². The van der Waals surface area contributed by atoms with E-state index in [1.54, 1.807) is 24.3 Å². The third-order valence-corrected chi connectivity index (χ3v) is 4.03. The summed E-state index contributed by atoms with van der Waals surface area (Å²) < 4.78 is 1.39. The van der Waals surface area contributed by atoms with Gasteiger partial charge < -0.3 is 11.1 Å². The third kappa shape index (κ3) is 3.42. The van der Waals surface area contributed by atoms with Gasteiger partial charge in [-0.2, -0.15) is 0 Å². The molecule has 9 heteroatoms. The maximum atomic E-state index is 12.7. The topological polar surface area (TPSA) is 118 Å². The van der Waals surface area contributed by atoms with Gasteiger partial charge in [-0.1, -0.05) is 11.6 Å². The molecule has 0 atom stereocenters. The van der Waals surface area contributed by atoms with Crippen molar-refractivity contribution in [2.75, 3.05) is 5.32 Å². The molecule has 3 aromatic rings. The number of nitrogens with zero attached hydrogens (tertiary/aromatic N) is 2. The molecule has 2 aromatic heterocycles. The molecule has 0 spiro atoms. The van der Waals surface area contributed by atoms with Crippen LogP contribution in [0.3, 0.4) is 0 Å². The summed E-state index contributed by atoms with van der Waals surface area (Å²) in [4.78, 5) is 28.8. The number of carbonyl (C=O) groups excluding carboxylic acids is 1. The highest BCUT2D eigenvalue weighted by Crippen LogP contribution is 2.21. The lowest BCUT2D eigenvalue weighted by molar-refractivity contribution is 0.250. The Bertz CT molecular complexity index is 1010. The largest absolute Gasteiger partial charge is 0.336 e. The van der Waals surface area contributed by atoms with Crippen molar-refractivity contribution in [2.24, 2.45) is 5.73 Å². The summed E-state index contributed by atoms with van der Waals surface area (Å²) >= 11 is 5.90. The van der Waals surface area contributed by atoms with Crippen LogP contribution in [0.15, 0.2) is 35.3 Å². The Balaban J connectivity index is 2.08. The fourth-order valence-electron chi connectivity index (χ4n) is 2.61. The van der Waals surface area contributed by atoms with E-state index in [-0.39, 0.29) is 24.2 Å². The van der Waals surface area contributed by atoms with Crippen molar-refractivity contribution in [1.29, 1.82) is 0 Å². The number of H-pyrrole nitrogens is 1. The lowest BCUT2D eigenvalue weighted by Crippen LogP contribution is -2.34. The molecule has 0 aliphatic rings. The molecule has 1 aromatic carbocycles. The molecule has 0 bridgehead atoms. The molecule has 2 amide bonds. The van der Waals surface area contributed by atoms with Crippen LogP contribution in [0, 0.1) is 0 Å². The molecule has 0 aliphatic carbocycles. The Morgan fingerprint density at radius 3 is 2.65 bits per heavy atom. The van der Waals surface area contributed by atoms with Gasteiger partial charge in [0.1, 0.15) is 5.82 Å². The smallest absolute Gasteiger partial charge is 0.320 e. The fourth-order valence-corrected chi connectivity index (χ4v) is 2.74. The number of aromatic amines is 1. The van der Waals surface area contributed by atoms with Crippen molar-refractivity contribution in [1.82, 2.24) is 20.1 Å². The van der Waals surface area contributed by atoms with E-state index in [0.29, 0.717) is 33.0 Å². The standard InChI is InChI=1S/C17H19ClN6O2/c1-9(2)21-17(26)22-15-12(7-19)14-13(8-20-15)16(25)24(23-14)11-5-3-10(18)4-6-11/h3-6,8-9,23H,7,19H2,1-2H3,(H2,20,21,22,26). The van der Waals surface area contributed by atoms with Crippen LogP contribution in [-0.2, 0) is 6.54 Å². The number of halogens is 1. The highest BCUT2D eigenvalue weighted by Gasteiger charge is 2.17. The normalized spacial score (nSPS) is 11.1. The molecule has 0 saturated heterocycles. The van der Waals surface area contributed by atoms with Gasteiger partial charge in [0.05, 0.1) is 16.6 Å². The number of rotatable bonds is 4. The van der Waals surface area contributed by atoms with Gasteiger partial charge in [-0.3, -0.25) is 15.2 Å². The fraction of sp³-hybridized carbons (Fsp3) is 0.235. The molecule has 2 heterocycles. The molecule has 5 N–H and O–H groups in total. The van der Waals surface area contributed by atoms with Crippen LogP contribution < -0.4 is 21.9 Å². The number of pyridine rings is 1. The first kappa shape index (κ1) is 18.0. The quantitative estimate of drug-likeness (QED) is 0.560. The van der Waals surface area contributed by atoms with E-state index >= 15 is 0 Å². The van der Waals surface area contributed by atoms with Gasteiger partial charge in [0.15, 0.2) is 0 Å². The Morgan fingerprint density at radius 1 is 1.35 bits per heavy atom. The van der Waals surface area contributed by atoms with Crippen LogP contribution in [0.2, 0.25) is 5.02 Å². The SMILES string of the molecule is CC(C)NC(=O)Nc1ncc2c(=O)n(-c3ccc(Cl)cc3)[nH]c2c1CN. The first-order chi connectivity index (χ1) is 12.4. The predicted octanol–water partition coefficient (Wildman–Crippen LogP) is 2.36. The number of anilines is 1. The van der Waals surface area contributed by atoms with E-state index in [0.717, 1.165) is 0 Å². The zero-order valence-electron chi connectivity index (χ0n) is 14.3. The first-order valence-corrected chi connectivity index (χ1v) is 8.44. The molecule has 3 rings (SSSR count). The first-order valence-electron chi connectivity index (χ1n) is 8.07. The van der Waals surface area contributed by atoms with E-state index in [1.165, 1.54) is 10.9 Å². The van der Waals surface area contributed by atoms with Crippen molar-refractivity contribution in [3.63, 3.8) is 0 Å². The summed E-state index contributed by atoms with van der Waals surface area (Å²) in [7, 11) is 0. The molecule has 0 unspecified atom stereocenters. The van der Waals surface area contributed by atoms with E-state index in [9.17, 15) is 9.59 Å². The van der Waals surface area contributed by atoms with Crippen LogP contribution in [0.4, 0.5) is 10.6 Å². The number of amides is 2. The number of carbonyl (C=O) groups is 1. The summed E-state index contributed by atoms with van der Waals surface area (Å²) in [6.07, 6.45) is 1.42. The van der Waals surface area contributed by atoms with Gasteiger partial charge in [-0.15, -0.1) is 0 Å². The second-order valence-corrected chi connectivity index (χ2v) is 6.50. The van der Waals surface area contributed by atoms with E-state index in [1.807, 2.05) is 13.8 Å². The monoisotopic (exact) mass is 374 g/mol. The molecule has 26 heavy (non-hydrogen) atoms. The van der Waals surface area contributed by atoms with E-state index in [2.05, 4.69) is 20.7 Å². The zero-order valence-corrected chi connectivity index (χ0v) is 15.1. The highest BCUT2D eigenvalue weighted by atomic mass is 35.5. The maximum absolute atomic E-state index is 12.7. The number of hydrogen-bond donors (Lipinski definition) is 4. The number of nitrogens with one attached hydrogen (secondary N) is 3. The number of fused-ring (bicyclic) bond motifs is 1. The number of hydrogen-bond acceptors (Lipinski definition) is 4. The zero-order chi connectivity index (χ0) is 18.8. The molecule has 8 nitrogen and oxygen atoms in total. The Hall–Kier alpha value is -2.84. The second kappa shape index (κ2) is 7.19. The third-order valence-electron chi connectivity index (χ3n) is 3.78. The predicted molar refractivity (Wildman–Crippen MR) is 102 cm³/mol. The summed E-state index contributed by atoms with van der Waals surface area (Å²) in [6, 6.07) is 6.43. The number of benzene rings is 1. The number of aromatic nitrogens is 3. The van der Waals surface area contributed by atoms with Gasteiger partial charge in [-0.05, 0) is 38.1 Å². The van der Waals surface area contributed by atoms with Gasteiger partial charge in [0, 0.05) is 29.4 Å². The summed E-state index contributed by atoms with van der Waals surface area (Å²) in [6.45, 7) is 3.80. The molecule has 0 radical (unpaired) electrons. The van der Waals surface area contributed by atoms with Crippen LogP contribution in [0.5, 0.6) is 0 Å². The molecule has 0 fully saturated rings. The maximum Gasteiger partial charge on any atom is 0.320 e. The minimum Gasteiger partial charge on any atom is -0.336 e. The van der Waals surface area contributed by atoms with Crippen molar-refractivity contribution < 1.29 is 4.79 Å². The average Bonchev–Trinajstić information content (AvgIpc) is 2.91. The van der Waals surface area contributed by atoms with Gasteiger partial charge in [0.25, 0.3) is 5.56 Å². The summed E-state index contributed by atoms with van der Waals surface area (Å²) in [5.74, 6) is 0.308. The average molecular weight is 375 g/mol. The Morgan fingerprint density at radius 2 is 2.04 bits per heavy atom. The van der Waals surface area contributed by atoms with Crippen LogP contribution in [0.1, 0.15) is 19.4 Å². The molecular weight excluding hydrogens is 356 g/mol. The Kier molecular flexibility index (Phi) is 4.97. The lowest BCUT2D eigenvalue weighted by atomic mass is 10.2. The summed E-state index contributed by atoms with van der Waals surface area (Å²) in [5.41, 5.74) is 7.30. The van der Waals surface area contributed by atoms with Gasteiger partial charge in [0.2, 0.25) is 0 Å².